The zero-order valence-corrected chi connectivity index (χ0v) is 11.1. The molecule has 0 spiro atoms. The Kier molecular flexibility index (Phi) is 3.14. The van der Waals surface area contributed by atoms with Crippen molar-refractivity contribution in [1.82, 2.24) is 9.88 Å². The van der Waals surface area contributed by atoms with Crippen LogP contribution < -0.4 is 10.5 Å². The summed E-state index contributed by atoms with van der Waals surface area (Å²) in [6, 6.07) is 3.78. The van der Waals surface area contributed by atoms with Gasteiger partial charge < -0.3 is 15.4 Å². The van der Waals surface area contributed by atoms with E-state index in [9.17, 15) is 4.79 Å². The monoisotopic (exact) mass is 261 g/mol. The number of nitrogens with two attached hydrogens (primary N) is 1. The highest BCUT2D eigenvalue weighted by atomic mass is 16.5. The molecule has 1 amide bonds. The minimum Gasteiger partial charge on any atom is -0.480 e. The minimum absolute atomic E-state index is 0.00606. The number of amides is 1. The average molecular weight is 261 g/mol. The zero-order chi connectivity index (χ0) is 13.4. The first-order valence-electron chi connectivity index (χ1n) is 6.74. The second-order valence-corrected chi connectivity index (χ2v) is 5.44. The number of carbonyl (C=O) groups is 1. The van der Waals surface area contributed by atoms with Gasteiger partial charge in [0.15, 0.2) is 0 Å². The van der Waals surface area contributed by atoms with Crippen molar-refractivity contribution in [2.75, 3.05) is 20.2 Å². The number of hydrogen-bond donors (Lipinski definition) is 1. The molecule has 1 aliphatic carbocycles. The van der Waals surface area contributed by atoms with E-state index in [-0.39, 0.29) is 11.9 Å². The second kappa shape index (κ2) is 4.81. The Hall–Kier alpha value is -1.62. The van der Waals surface area contributed by atoms with Crippen molar-refractivity contribution >= 4 is 5.91 Å². The van der Waals surface area contributed by atoms with Gasteiger partial charge >= 0.3 is 0 Å². The number of nitrogens with zero attached hydrogens (tertiary/aromatic N) is 2. The molecule has 0 aromatic carbocycles. The van der Waals surface area contributed by atoms with Crippen LogP contribution in [0.5, 0.6) is 5.88 Å². The predicted molar refractivity (Wildman–Crippen MR) is 70.9 cm³/mol. The number of likely N-dealkylation sites (tertiary alicyclic amines) is 1. The highest BCUT2D eigenvalue weighted by Crippen LogP contribution is 2.37. The van der Waals surface area contributed by atoms with E-state index in [2.05, 4.69) is 4.98 Å². The van der Waals surface area contributed by atoms with E-state index in [4.69, 9.17) is 10.5 Å². The van der Waals surface area contributed by atoms with Crippen LogP contribution in [-0.4, -0.2) is 42.0 Å². The van der Waals surface area contributed by atoms with Gasteiger partial charge in [-0.05, 0) is 36.8 Å². The van der Waals surface area contributed by atoms with E-state index < -0.39 is 0 Å². The van der Waals surface area contributed by atoms with E-state index in [1.165, 1.54) is 7.11 Å². The Morgan fingerprint density at radius 3 is 3.05 bits per heavy atom. The molecule has 3 atom stereocenters. The summed E-state index contributed by atoms with van der Waals surface area (Å²) in [6.07, 6.45) is 3.86. The van der Waals surface area contributed by atoms with Crippen molar-refractivity contribution in [3.63, 3.8) is 0 Å². The fourth-order valence-electron chi connectivity index (χ4n) is 3.36. The second-order valence-electron chi connectivity index (χ2n) is 5.44. The number of aromatic nitrogens is 1. The molecule has 19 heavy (non-hydrogen) atoms. The molecule has 2 heterocycles. The lowest BCUT2D eigenvalue weighted by molar-refractivity contribution is 0.0775. The molecule has 2 aliphatic rings. The molecule has 3 rings (SSSR count). The lowest BCUT2D eigenvalue weighted by Gasteiger charge is -2.19. The maximum atomic E-state index is 12.5. The standard InChI is InChI=1S/C14H19N3O2/c1-19-13-10(3-2-6-16-13)14(18)17-7-9-4-5-12(15)11(9)8-17/h2-3,6,9,11-12H,4-5,7-8,15H2,1H3/t9-,11+,12+/m0/s1. The van der Waals surface area contributed by atoms with E-state index in [0.717, 1.165) is 25.9 Å². The lowest BCUT2D eigenvalue weighted by Crippen LogP contribution is -2.33. The first kappa shape index (κ1) is 12.4. The number of methoxy groups -OCH3 is 1. The third-order valence-electron chi connectivity index (χ3n) is 4.39. The third kappa shape index (κ3) is 2.08. The number of rotatable bonds is 2. The number of hydrogen-bond acceptors (Lipinski definition) is 4. The summed E-state index contributed by atoms with van der Waals surface area (Å²) in [6.45, 7) is 1.58. The molecule has 1 aliphatic heterocycles. The van der Waals surface area contributed by atoms with Gasteiger partial charge in [0.05, 0.1) is 7.11 Å². The number of ether oxygens (including phenoxy) is 1. The van der Waals surface area contributed by atoms with Crippen LogP contribution in [0, 0.1) is 11.8 Å². The van der Waals surface area contributed by atoms with E-state index in [1.54, 1.807) is 18.3 Å². The van der Waals surface area contributed by atoms with Gasteiger partial charge in [-0.15, -0.1) is 0 Å². The summed E-state index contributed by atoms with van der Waals surface area (Å²) in [5.41, 5.74) is 6.64. The normalized spacial score (nSPS) is 29.4. The zero-order valence-electron chi connectivity index (χ0n) is 11.1. The Balaban J connectivity index is 1.78. The van der Waals surface area contributed by atoms with Gasteiger partial charge in [-0.2, -0.15) is 0 Å². The summed E-state index contributed by atoms with van der Waals surface area (Å²) >= 11 is 0. The maximum Gasteiger partial charge on any atom is 0.259 e. The summed E-state index contributed by atoms with van der Waals surface area (Å²) < 4.78 is 5.16. The SMILES string of the molecule is COc1ncccc1C(=O)N1C[C@@H]2CC[C@@H](N)[C@@H]2C1. The van der Waals surface area contributed by atoms with Crippen LogP contribution >= 0.6 is 0 Å². The highest BCUT2D eigenvalue weighted by molar-refractivity contribution is 5.96. The van der Waals surface area contributed by atoms with Gasteiger partial charge in [0.1, 0.15) is 5.56 Å². The Morgan fingerprint density at radius 2 is 2.32 bits per heavy atom. The highest BCUT2D eigenvalue weighted by Gasteiger charge is 2.42. The van der Waals surface area contributed by atoms with Gasteiger partial charge in [-0.25, -0.2) is 4.98 Å². The van der Waals surface area contributed by atoms with Gasteiger partial charge in [0.25, 0.3) is 5.91 Å². The van der Waals surface area contributed by atoms with Crippen molar-refractivity contribution in [2.24, 2.45) is 17.6 Å². The molecule has 0 unspecified atom stereocenters. The first-order chi connectivity index (χ1) is 9.20. The van der Waals surface area contributed by atoms with Crippen molar-refractivity contribution in [3.05, 3.63) is 23.9 Å². The molecule has 0 bridgehead atoms. The van der Waals surface area contributed by atoms with E-state index in [0.29, 0.717) is 23.3 Å². The molecule has 102 valence electrons. The van der Waals surface area contributed by atoms with Gasteiger partial charge in [-0.1, -0.05) is 0 Å². The van der Waals surface area contributed by atoms with Crippen LogP contribution in [0.25, 0.3) is 0 Å². The molecule has 1 saturated carbocycles. The van der Waals surface area contributed by atoms with Crippen LogP contribution in [0.4, 0.5) is 0 Å². The quantitative estimate of drug-likeness (QED) is 0.859. The van der Waals surface area contributed by atoms with Crippen molar-refractivity contribution in [3.8, 4) is 5.88 Å². The number of fused-ring (bicyclic) bond motifs is 1. The number of carbonyl (C=O) groups excluding carboxylic acids is 1. The van der Waals surface area contributed by atoms with Gasteiger partial charge in [0.2, 0.25) is 5.88 Å². The van der Waals surface area contributed by atoms with Crippen LogP contribution in [0.3, 0.4) is 0 Å². The smallest absolute Gasteiger partial charge is 0.259 e. The summed E-state index contributed by atoms with van der Waals surface area (Å²) in [5, 5.41) is 0. The third-order valence-corrected chi connectivity index (χ3v) is 4.39. The Morgan fingerprint density at radius 1 is 1.47 bits per heavy atom. The predicted octanol–water partition coefficient (Wildman–Crippen LogP) is 0.900. The topological polar surface area (TPSA) is 68.5 Å². The fourth-order valence-corrected chi connectivity index (χ4v) is 3.36. The Labute approximate surface area is 112 Å². The molecule has 0 radical (unpaired) electrons. The van der Waals surface area contributed by atoms with Crippen LogP contribution in [0.15, 0.2) is 18.3 Å². The van der Waals surface area contributed by atoms with Gasteiger partial charge in [-0.3, -0.25) is 4.79 Å². The van der Waals surface area contributed by atoms with E-state index in [1.807, 2.05) is 4.90 Å². The van der Waals surface area contributed by atoms with Crippen LogP contribution in [-0.2, 0) is 0 Å². The first-order valence-corrected chi connectivity index (χ1v) is 6.74. The van der Waals surface area contributed by atoms with Crippen molar-refractivity contribution in [1.29, 1.82) is 0 Å². The van der Waals surface area contributed by atoms with Crippen LogP contribution in [0.2, 0.25) is 0 Å². The largest absolute Gasteiger partial charge is 0.480 e. The molecule has 1 aromatic rings. The molecule has 1 aromatic heterocycles. The van der Waals surface area contributed by atoms with Crippen molar-refractivity contribution in [2.45, 2.75) is 18.9 Å². The Bertz CT molecular complexity index is 491. The van der Waals surface area contributed by atoms with Crippen molar-refractivity contribution < 1.29 is 9.53 Å². The molecule has 2 N–H and O–H groups in total. The van der Waals surface area contributed by atoms with Gasteiger partial charge in [0, 0.05) is 25.3 Å². The molecule has 5 nitrogen and oxygen atoms in total. The fraction of sp³-hybridized carbons (Fsp3) is 0.571. The maximum absolute atomic E-state index is 12.5. The van der Waals surface area contributed by atoms with E-state index >= 15 is 0 Å². The summed E-state index contributed by atoms with van der Waals surface area (Å²) in [7, 11) is 1.54. The number of pyridine rings is 1. The average Bonchev–Trinajstić information content (AvgIpc) is 3.00. The molecule has 5 heteroatoms. The lowest BCUT2D eigenvalue weighted by atomic mass is 9.98. The minimum atomic E-state index is 0.00606. The van der Waals surface area contributed by atoms with Crippen LogP contribution in [0.1, 0.15) is 23.2 Å². The molecule has 1 saturated heterocycles. The molecular formula is C14H19N3O2. The molecular weight excluding hydrogens is 242 g/mol. The molecule has 2 fully saturated rings. The summed E-state index contributed by atoms with van der Waals surface area (Å²) in [5.74, 6) is 1.44. The summed E-state index contributed by atoms with van der Waals surface area (Å²) in [4.78, 5) is 18.5.